The Morgan fingerprint density at radius 3 is 2.64 bits per heavy atom. The minimum absolute atomic E-state index is 0.726. The number of hydrogen-bond acceptors (Lipinski definition) is 2. The molecule has 1 aromatic heterocycles. The van der Waals surface area contributed by atoms with Gasteiger partial charge in [-0.25, -0.2) is 0 Å². The molecule has 60 valence electrons. The molecule has 0 unspecified atom stereocenters. The van der Waals surface area contributed by atoms with E-state index in [4.69, 9.17) is 9.47 Å². The average Bonchev–Trinajstić information content (AvgIpc) is 2.05. The Kier molecular flexibility index (Phi) is 2.31. The molecule has 1 rings (SSSR count). The first-order valence-electron chi connectivity index (χ1n) is 3.27. The Bertz CT molecular complexity index is 248. The number of methoxy groups -OCH3 is 2. The summed E-state index contributed by atoms with van der Waals surface area (Å²) in [6.45, 7) is 0. The molecular weight excluding hydrogens is 142 g/mol. The number of rotatable bonds is 2. The zero-order valence-corrected chi connectivity index (χ0v) is 6.92. The van der Waals surface area contributed by atoms with Gasteiger partial charge < -0.3 is 9.47 Å². The third kappa shape index (κ3) is 1.61. The summed E-state index contributed by atoms with van der Waals surface area (Å²) in [7, 11) is 5.09. The lowest BCUT2D eigenvalue weighted by atomic mass is 10.4. The van der Waals surface area contributed by atoms with Gasteiger partial charge in [0.15, 0.2) is 0 Å². The van der Waals surface area contributed by atoms with Crippen LogP contribution in [0.5, 0.6) is 11.6 Å². The van der Waals surface area contributed by atoms with Crippen molar-refractivity contribution >= 4 is 0 Å². The fourth-order valence-electron chi connectivity index (χ4n) is 0.798. The number of nitrogens with zero attached hydrogens (tertiary/aromatic N) is 1. The van der Waals surface area contributed by atoms with Gasteiger partial charge in [0.1, 0.15) is 13.2 Å². The molecule has 0 bridgehead atoms. The fraction of sp³-hybridized carbons (Fsp3) is 0.375. The molecule has 0 aliphatic rings. The smallest absolute Gasteiger partial charge is 0.260 e. The Balaban J connectivity index is 3.02. The summed E-state index contributed by atoms with van der Waals surface area (Å²) in [5.74, 6) is 1.48. The predicted octanol–water partition coefficient (Wildman–Crippen LogP) is 0.328. The van der Waals surface area contributed by atoms with Crippen molar-refractivity contribution in [2.24, 2.45) is 7.05 Å². The average molecular weight is 153 g/mol. The maximum atomic E-state index is 5.04. The van der Waals surface area contributed by atoms with Crippen molar-refractivity contribution in [3.63, 3.8) is 0 Å². The van der Waals surface area contributed by atoms with Gasteiger partial charge in [-0.15, -0.1) is 0 Å². The standard InChI is InChI=1S/C8H11NO2/c1-9-5-4-7(10-2)6-8(9)11-3/h4,6H,1-3H3. The summed E-state index contributed by atoms with van der Waals surface area (Å²) in [4.78, 5) is 0. The largest absolute Gasteiger partial charge is 0.554 e. The van der Waals surface area contributed by atoms with Gasteiger partial charge >= 0.3 is 0 Å². The Hall–Kier alpha value is -1.25. The van der Waals surface area contributed by atoms with Crippen LogP contribution in [0.15, 0.2) is 12.1 Å². The van der Waals surface area contributed by atoms with E-state index in [9.17, 15) is 0 Å². The van der Waals surface area contributed by atoms with Gasteiger partial charge in [0.25, 0.3) is 5.88 Å². The Morgan fingerprint density at radius 1 is 1.36 bits per heavy atom. The van der Waals surface area contributed by atoms with Crippen LogP contribution in [0.4, 0.5) is 0 Å². The van der Waals surface area contributed by atoms with Crippen LogP contribution >= 0.6 is 0 Å². The van der Waals surface area contributed by atoms with Crippen molar-refractivity contribution in [1.29, 1.82) is 0 Å². The van der Waals surface area contributed by atoms with Crippen LogP contribution in [0.1, 0.15) is 0 Å². The zero-order valence-electron chi connectivity index (χ0n) is 6.92. The number of pyridine rings is 1. The molecule has 0 aliphatic heterocycles. The van der Waals surface area contributed by atoms with Crippen LogP contribution in [0.2, 0.25) is 0 Å². The predicted molar refractivity (Wildman–Crippen MR) is 39.6 cm³/mol. The molecule has 3 nitrogen and oxygen atoms in total. The lowest BCUT2D eigenvalue weighted by Crippen LogP contribution is -2.29. The van der Waals surface area contributed by atoms with Crippen LogP contribution in [-0.4, -0.2) is 14.2 Å². The van der Waals surface area contributed by atoms with Crippen molar-refractivity contribution in [3.05, 3.63) is 18.3 Å². The van der Waals surface area contributed by atoms with E-state index in [1.165, 1.54) is 0 Å². The van der Waals surface area contributed by atoms with Crippen molar-refractivity contribution in [3.8, 4) is 11.6 Å². The lowest BCUT2D eigenvalue weighted by Gasteiger charge is -2.08. The van der Waals surface area contributed by atoms with Gasteiger partial charge in [0, 0.05) is 5.75 Å². The van der Waals surface area contributed by atoms with Crippen LogP contribution in [-0.2, 0) is 7.05 Å². The van der Waals surface area contributed by atoms with E-state index < -0.39 is 0 Å². The summed E-state index contributed by atoms with van der Waals surface area (Å²) < 4.78 is 11.8. The molecule has 1 aromatic rings. The molecule has 0 N–H and O–H groups in total. The first-order valence-corrected chi connectivity index (χ1v) is 3.27. The molecule has 0 radical (unpaired) electrons. The number of aryl methyl sites for hydroxylation is 1. The maximum absolute atomic E-state index is 5.04. The summed E-state index contributed by atoms with van der Waals surface area (Å²) in [5, 5.41) is 0. The van der Waals surface area contributed by atoms with Crippen molar-refractivity contribution in [1.82, 2.24) is 0 Å². The van der Waals surface area contributed by atoms with Gasteiger partial charge in [-0.3, -0.25) is 4.57 Å². The van der Waals surface area contributed by atoms with Gasteiger partial charge in [0.05, 0.1) is 14.2 Å². The van der Waals surface area contributed by atoms with Crippen LogP contribution in [0.25, 0.3) is 0 Å². The first kappa shape index (κ1) is 7.85. The van der Waals surface area contributed by atoms with Gasteiger partial charge in [0.2, 0.25) is 0 Å². The maximum Gasteiger partial charge on any atom is 0.260 e. The second-order valence-corrected chi connectivity index (χ2v) is 2.13. The Morgan fingerprint density at radius 2 is 2.09 bits per heavy atom. The highest BCUT2D eigenvalue weighted by atomic mass is 16.5. The molecular formula is C8H11NO2. The zero-order chi connectivity index (χ0) is 8.27. The van der Waals surface area contributed by atoms with E-state index in [1.54, 1.807) is 30.9 Å². The third-order valence-electron chi connectivity index (χ3n) is 1.44. The van der Waals surface area contributed by atoms with Gasteiger partial charge in [-0.05, 0) is 6.07 Å². The second kappa shape index (κ2) is 3.23. The van der Waals surface area contributed by atoms with Gasteiger partial charge in [-0.1, -0.05) is 6.07 Å². The molecule has 0 saturated carbocycles. The molecule has 11 heavy (non-hydrogen) atoms. The van der Waals surface area contributed by atoms with E-state index in [-0.39, 0.29) is 0 Å². The molecule has 3 heteroatoms. The minimum Gasteiger partial charge on any atom is -0.554 e. The molecule has 1 heterocycles. The summed E-state index contributed by atoms with van der Waals surface area (Å²) >= 11 is 0. The van der Waals surface area contributed by atoms with Crippen LogP contribution in [0, 0.1) is 6.20 Å². The molecule has 0 aliphatic carbocycles. The van der Waals surface area contributed by atoms with Crippen LogP contribution in [0.3, 0.4) is 0 Å². The highest BCUT2D eigenvalue weighted by molar-refractivity contribution is 5.21. The Labute approximate surface area is 66.2 Å². The minimum atomic E-state index is 0.726. The monoisotopic (exact) mass is 153 g/mol. The van der Waals surface area contributed by atoms with Crippen LogP contribution < -0.4 is 14.0 Å². The SMILES string of the molecule is COc1c[c-][n+](C)c(OC)c1. The lowest BCUT2D eigenvalue weighted by molar-refractivity contribution is -0.680. The van der Waals surface area contributed by atoms with E-state index in [1.807, 2.05) is 7.05 Å². The number of ether oxygens (including phenoxy) is 2. The quantitative estimate of drug-likeness (QED) is 0.451. The van der Waals surface area contributed by atoms with E-state index in [2.05, 4.69) is 6.20 Å². The van der Waals surface area contributed by atoms with Crippen molar-refractivity contribution < 1.29 is 14.0 Å². The summed E-state index contributed by atoms with van der Waals surface area (Å²) in [6.07, 6.45) is 2.94. The molecule has 0 aromatic carbocycles. The number of aromatic nitrogens is 1. The fourth-order valence-corrected chi connectivity index (χ4v) is 0.798. The molecule has 0 saturated heterocycles. The number of hydrogen-bond donors (Lipinski definition) is 0. The third-order valence-corrected chi connectivity index (χ3v) is 1.44. The highest BCUT2D eigenvalue weighted by Crippen LogP contribution is 2.12. The summed E-state index contributed by atoms with van der Waals surface area (Å²) in [6, 6.07) is 3.55. The summed E-state index contributed by atoms with van der Waals surface area (Å²) in [5.41, 5.74) is 0. The van der Waals surface area contributed by atoms with E-state index in [0.29, 0.717) is 0 Å². The second-order valence-electron chi connectivity index (χ2n) is 2.13. The topological polar surface area (TPSA) is 22.3 Å². The molecule has 0 fully saturated rings. The normalized spacial score (nSPS) is 9.36. The van der Waals surface area contributed by atoms with Crippen molar-refractivity contribution in [2.75, 3.05) is 14.2 Å². The van der Waals surface area contributed by atoms with E-state index >= 15 is 0 Å². The first-order chi connectivity index (χ1) is 5.27. The molecule has 0 amide bonds. The molecule has 0 atom stereocenters. The molecule has 0 spiro atoms. The highest BCUT2D eigenvalue weighted by Gasteiger charge is 1.96. The van der Waals surface area contributed by atoms with Crippen molar-refractivity contribution in [2.45, 2.75) is 0 Å². The van der Waals surface area contributed by atoms with Gasteiger partial charge in [-0.2, -0.15) is 0 Å². The van der Waals surface area contributed by atoms with E-state index in [0.717, 1.165) is 11.6 Å².